The zero-order chi connectivity index (χ0) is 27.2. The Morgan fingerprint density at radius 3 is 2.39 bits per heavy atom. The minimum Gasteiger partial charge on any atom is -0.317 e. The third kappa shape index (κ3) is 4.87. The van der Waals surface area contributed by atoms with Crippen LogP contribution in [0.3, 0.4) is 0 Å². The Morgan fingerprint density at radius 1 is 1.00 bits per heavy atom. The van der Waals surface area contributed by atoms with Crippen LogP contribution in [0.15, 0.2) is 60.7 Å². The lowest BCUT2D eigenvalue weighted by atomic mass is 10.1. The molecule has 5 aromatic rings. The summed E-state index contributed by atoms with van der Waals surface area (Å²) in [4.78, 5) is 17.4. The fourth-order valence-corrected chi connectivity index (χ4v) is 4.34. The number of nitrogens with zero attached hydrogens (tertiary/aromatic N) is 5. The SMILES string of the molecule is Cc1ccccc1Cn1nc(C)c(NC(=O)c2cc3nc(-c4ccc(Cl)cc4)cc(C(F)(F)F)n3n2)c1C. The summed E-state index contributed by atoms with van der Waals surface area (Å²) in [6.07, 6.45) is -4.73. The monoisotopic (exact) mass is 538 g/mol. The molecule has 5 rings (SSSR count). The molecular formula is C27H22ClF3N6O. The van der Waals surface area contributed by atoms with Gasteiger partial charge in [-0.15, -0.1) is 0 Å². The van der Waals surface area contributed by atoms with Gasteiger partial charge in [-0.3, -0.25) is 9.48 Å². The van der Waals surface area contributed by atoms with Crippen molar-refractivity contribution < 1.29 is 18.0 Å². The molecule has 38 heavy (non-hydrogen) atoms. The van der Waals surface area contributed by atoms with Crippen LogP contribution in [0.25, 0.3) is 16.9 Å². The molecule has 0 fully saturated rings. The minimum absolute atomic E-state index is 0.0810. The van der Waals surface area contributed by atoms with Gasteiger partial charge in [0.15, 0.2) is 17.0 Å². The molecule has 0 spiro atoms. The highest BCUT2D eigenvalue weighted by molar-refractivity contribution is 6.30. The summed E-state index contributed by atoms with van der Waals surface area (Å²) in [5.74, 6) is -0.668. The summed E-state index contributed by atoms with van der Waals surface area (Å²) in [6, 6.07) is 16.3. The lowest BCUT2D eigenvalue weighted by Gasteiger charge is -2.11. The van der Waals surface area contributed by atoms with Gasteiger partial charge in [0.05, 0.1) is 29.3 Å². The van der Waals surface area contributed by atoms with E-state index in [0.29, 0.717) is 38.7 Å². The number of nitrogens with one attached hydrogen (secondary N) is 1. The van der Waals surface area contributed by atoms with Crippen LogP contribution in [0.1, 0.15) is 38.7 Å². The van der Waals surface area contributed by atoms with Crippen molar-refractivity contribution in [2.45, 2.75) is 33.5 Å². The maximum absolute atomic E-state index is 13.9. The molecule has 0 atom stereocenters. The fraction of sp³-hybridized carbons (Fsp3) is 0.185. The Morgan fingerprint density at radius 2 is 1.71 bits per heavy atom. The van der Waals surface area contributed by atoms with Gasteiger partial charge in [0.1, 0.15) is 0 Å². The van der Waals surface area contributed by atoms with E-state index in [4.69, 9.17) is 11.6 Å². The van der Waals surface area contributed by atoms with Crippen molar-refractivity contribution in [3.8, 4) is 11.3 Å². The molecule has 0 unspecified atom stereocenters. The van der Waals surface area contributed by atoms with E-state index >= 15 is 0 Å². The van der Waals surface area contributed by atoms with E-state index in [9.17, 15) is 18.0 Å². The molecule has 11 heteroatoms. The lowest BCUT2D eigenvalue weighted by Crippen LogP contribution is -2.16. The van der Waals surface area contributed by atoms with Gasteiger partial charge in [-0.05, 0) is 50.1 Å². The fourth-order valence-electron chi connectivity index (χ4n) is 4.21. The van der Waals surface area contributed by atoms with Crippen LogP contribution in [0.4, 0.5) is 18.9 Å². The first-order chi connectivity index (χ1) is 18.0. The number of carbonyl (C=O) groups excluding carboxylic acids is 1. The maximum Gasteiger partial charge on any atom is 0.433 e. The summed E-state index contributed by atoms with van der Waals surface area (Å²) in [6.45, 7) is 6.09. The number of aromatic nitrogens is 5. The number of anilines is 1. The molecule has 3 aromatic heterocycles. The van der Waals surface area contributed by atoms with Gasteiger partial charge in [-0.25, -0.2) is 9.50 Å². The van der Waals surface area contributed by atoms with Gasteiger partial charge in [0.2, 0.25) is 0 Å². The van der Waals surface area contributed by atoms with E-state index in [1.54, 1.807) is 35.9 Å². The number of halogens is 4. The summed E-state index contributed by atoms with van der Waals surface area (Å²) in [5.41, 5.74) is 3.12. The predicted molar refractivity (Wildman–Crippen MR) is 138 cm³/mol. The Balaban J connectivity index is 1.48. The van der Waals surface area contributed by atoms with Gasteiger partial charge in [0.25, 0.3) is 5.91 Å². The lowest BCUT2D eigenvalue weighted by molar-refractivity contribution is -0.142. The van der Waals surface area contributed by atoms with E-state index in [1.807, 2.05) is 38.1 Å². The van der Waals surface area contributed by atoms with Gasteiger partial charge in [-0.2, -0.15) is 23.4 Å². The third-order valence-electron chi connectivity index (χ3n) is 6.29. The highest BCUT2D eigenvalue weighted by Crippen LogP contribution is 2.33. The molecule has 194 valence electrons. The van der Waals surface area contributed by atoms with Gasteiger partial charge < -0.3 is 5.32 Å². The molecule has 2 aromatic carbocycles. The molecule has 0 aliphatic carbocycles. The Hall–Kier alpha value is -4.18. The summed E-state index contributed by atoms with van der Waals surface area (Å²) < 4.78 is 44.2. The second kappa shape index (κ2) is 9.60. The first kappa shape index (κ1) is 25.5. The molecule has 0 saturated heterocycles. The zero-order valence-corrected chi connectivity index (χ0v) is 21.4. The number of hydrogen-bond acceptors (Lipinski definition) is 4. The second-order valence-electron chi connectivity index (χ2n) is 8.91. The number of fused-ring (bicyclic) bond motifs is 1. The second-order valence-corrected chi connectivity index (χ2v) is 9.35. The number of alkyl halides is 3. The number of rotatable bonds is 5. The predicted octanol–water partition coefficient (Wildman–Crippen LogP) is 6.49. The molecule has 0 aliphatic rings. The summed E-state index contributed by atoms with van der Waals surface area (Å²) in [5, 5.41) is 11.7. The standard InChI is InChI=1S/C27H22ClF3N6O/c1-15-6-4-5-7-19(15)14-36-17(3)25(16(2)34-36)33-26(38)22-13-24-32-21(18-8-10-20(28)11-9-18)12-23(27(29,30)31)37(24)35-22/h4-13H,14H2,1-3H3,(H,33,38). The van der Waals surface area contributed by atoms with Crippen molar-refractivity contribution >= 4 is 28.8 Å². The van der Waals surface area contributed by atoms with Gasteiger partial charge >= 0.3 is 6.18 Å². The number of aryl methyl sites for hydroxylation is 2. The first-order valence-corrected chi connectivity index (χ1v) is 12.0. The van der Waals surface area contributed by atoms with E-state index in [-0.39, 0.29) is 17.0 Å². The molecule has 3 heterocycles. The molecule has 1 amide bonds. The van der Waals surface area contributed by atoms with E-state index in [2.05, 4.69) is 20.5 Å². The van der Waals surface area contributed by atoms with Crippen LogP contribution in [-0.4, -0.2) is 30.3 Å². The Kier molecular flexibility index (Phi) is 6.44. The smallest absolute Gasteiger partial charge is 0.317 e. The quantitative estimate of drug-likeness (QED) is 0.277. The molecule has 0 bridgehead atoms. The normalized spacial score (nSPS) is 11.8. The van der Waals surface area contributed by atoms with E-state index in [0.717, 1.165) is 17.2 Å². The van der Waals surface area contributed by atoms with E-state index < -0.39 is 17.8 Å². The topological polar surface area (TPSA) is 77.1 Å². The molecular weight excluding hydrogens is 517 g/mol. The Bertz CT molecular complexity index is 1670. The summed E-state index contributed by atoms with van der Waals surface area (Å²) >= 11 is 5.91. The van der Waals surface area contributed by atoms with Crippen molar-refractivity contribution in [1.82, 2.24) is 24.4 Å². The largest absolute Gasteiger partial charge is 0.433 e. The van der Waals surface area contributed by atoms with Crippen LogP contribution in [0.2, 0.25) is 5.02 Å². The van der Waals surface area contributed by atoms with E-state index in [1.165, 1.54) is 6.07 Å². The van der Waals surface area contributed by atoms with Crippen molar-refractivity contribution in [2.75, 3.05) is 5.32 Å². The van der Waals surface area contributed by atoms with Crippen LogP contribution >= 0.6 is 11.6 Å². The van der Waals surface area contributed by atoms with Crippen molar-refractivity contribution in [3.05, 3.63) is 99.6 Å². The van der Waals surface area contributed by atoms with Crippen LogP contribution in [0, 0.1) is 20.8 Å². The minimum atomic E-state index is -4.73. The molecule has 7 nitrogen and oxygen atoms in total. The number of amides is 1. The Labute approximate surface area is 220 Å². The molecule has 0 aliphatic heterocycles. The first-order valence-electron chi connectivity index (χ1n) is 11.6. The summed E-state index contributed by atoms with van der Waals surface area (Å²) in [7, 11) is 0. The van der Waals surface area contributed by atoms with Crippen LogP contribution in [0.5, 0.6) is 0 Å². The maximum atomic E-state index is 13.9. The van der Waals surface area contributed by atoms with Crippen LogP contribution in [-0.2, 0) is 12.7 Å². The highest BCUT2D eigenvalue weighted by atomic mass is 35.5. The van der Waals surface area contributed by atoms with Crippen molar-refractivity contribution in [3.63, 3.8) is 0 Å². The number of hydrogen-bond donors (Lipinski definition) is 1. The average molecular weight is 539 g/mol. The van der Waals surface area contributed by atoms with Crippen molar-refractivity contribution in [1.29, 1.82) is 0 Å². The zero-order valence-electron chi connectivity index (χ0n) is 20.6. The average Bonchev–Trinajstić information content (AvgIpc) is 3.41. The third-order valence-corrected chi connectivity index (χ3v) is 6.54. The number of benzene rings is 2. The number of carbonyl (C=O) groups is 1. The van der Waals surface area contributed by atoms with Crippen LogP contribution < -0.4 is 5.32 Å². The van der Waals surface area contributed by atoms with Crippen molar-refractivity contribution in [2.24, 2.45) is 0 Å². The van der Waals surface area contributed by atoms with Gasteiger partial charge in [0, 0.05) is 16.7 Å². The molecule has 0 saturated carbocycles. The highest BCUT2D eigenvalue weighted by Gasteiger charge is 2.35. The molecule has 1 N–H and O–H groups in total. The molecule has 0 radical (unpaired) electrons. The van der Waals surface area contributed by atoms with Gasteiger partial charge in [-0.1, -0.05) is 48.0 Å².